The minimum atomic E-state index is -0.210. The minimum absolute atomic E-state index is 0.210. The molecule has 0 fully saturated rings. The number of nitrogens with one attached hydrogen (secondary N) is 2. The number of amides is 2. The van der Waals surface area contributed by atoms with E-state index in [1.807, 2.05) is 61.0 Å². The van der Waals surface area contributed by atoms with Crippen molar-refractivity contribution in [2.75, 3.05) is 23.1 Å². The lowest BCUT2D eigenvalue weighted by Crippen LogP contribution is -2.14. The van der Waals surface area contributed by atoms with Crippen LogP contribution in [0.25, 0.3) is 0 Å². The van der Waals surface area contributed by atoms with Gasteiger partial charge in [0.1, 0.15) is 0 Å². The van der Waals surface area contributed by atoms with E-state index in [1.165, 1.54) is 0 Å². The van der Waals surface area contributed by atoms with Gasteiger partial charge in [0.25, 0.3) is 11.8 Å². The summed E-state index contributed by atoms with van der Waals surface area (Å²) in [6.07, 6.45) is 3.98. The molecule has 0 saturated carbocycles. The Morgan fingerprint density at radius 3 is 1.39 bits per heavy atom. The summed E-state index contributed by atoms with van der Waals surface area (Å²) in [4.78, 5) is 27.0. The Balaban J connectivity index is 1.66. The second kappa shape index (κ2) is 9.48. The predicted octanol–water partition coefficient (Wildman–Crippen LogP) is 5.64. The van der Waals surface area contributed by atoms with Crippen LogP contribution in [0.5, 0.6) is 0 Å². The molecule has 6 heteroatoms. The normalized spacial score (nSPS) is 10.4. The average Bonchev–Trinajstić information content (AvgIpc) is 2.74. The highest BCUT2D eigenvalue weighted by Gasteiger charge is 2.10. The fourth-order valence-electron chi connectivity index (χ4n) is 2.58. The Kier molecular flexibility index (Phi) is 6.79. The fourth-order valence-corrected chi connectivity index (χ4v) is 3.50. The second-order valence-electron chi connectivity index (χ2n) is 5.95. The molecule has 3 rings (SSSR count). The molecular formula is C22H20N2O2S2. The van der Waals surface area contributed by atoms with Crippen molar-refractivity contribution < 1.29 is 9.59 Å². The summed E-state index contributed by atoms with van der Waals surface area (Å²) in [6.45, 7) is 0. The third-order valence-electron chi connectivity index (χ3n) is 4.06. The fraction of sp³-hybridized carbons (Fsp3) is 0.0909. The minimum Gasteiger partial charge on any atom is -0.322 e. The van der Waals surface area contributed by atoms with Gasteiger partial charge < -0.3 is 10.6 Å². The molecule has 0 aliphatic carbocycles. The number of thioether (sulfide) groups is 2. The maximum absolute atomic E-state index is 12.4. The van der Waals surface area contributed by atoms with Gasteiger partial charge in [-0.1, -0.05) is 12.1 Å². The van der Waals surface area contributed by atoms with E-state index in [0.717, 1.165) is 21.2 Å². The highest BCUT2D eigenvalue weighted by Crippen LogP contribution is 2.21. The Hall–Kier alpha value is -2.70. The molecule has 0 aliphatic heterocycles. The molecule has 0 aromatic heterocycles. The molecule has 3 aromatic rings. The average molecular weight is 409 g/mol. The van der Waals surface area contributed by atoms with E-state index in [4.69, 9.17) is 0 Å². The summed E-state index contributed by atoms with van der Waals surface area (Å²) < 4.78 is 0. The maximum atomic E-state index is 12.4. The lowest BCUT2D eigenvalue weighted by Gasteiger charge is -2.09. The molecule has 142 valence electrons. The van der Waals surface area contributed by atoms with Gasteiger partial charge in [0, 0.05) is 32.3 Å². The third-order valence-corrected chi connectivity index (χ3v) is 5.52. The van der Waals surface area contributed by atoms with Gasteiger partial charge in [-0.2, -0.15) is 0 Å². The van der Waals surface area contributed by atoms with Crippen LogP contribution in [0.4, 0.5) is 11.4 Å². The van der Waals surface area contributed by atoms with Crippen molar-refractivity contribution in [2.24, 2.45) is 0 Å². The molecular weight excluding hydrogens is 388 g/mol. The van der Waals surface area contributed by atoms with Crippen molar-refractivity contribution in [2.45, 2.75) is 9.79 Å². The van der Waals surface area contributed by atoms with Gasteiger partial charge in [-0.25, -0.2) is 0 Å². The predicted molar refractivity (Wildman–Crippen MR) is 119 cm³/mol. The first-order valence-corrected chi connectivity index (χ1v) is 11.0. The van der Waals surface area contributed by atoms with Crippen LogP contribution in [-0.2, 0) is 0 Å². The molecule has 0 atom stereocenters. The Morgan fingerprint density at radius 1 is 0.643 bits per heavy atom. The summed E-state index contributed by atoms with van der Waals surface area (Å²) in [5, 5.41) is 5.76. The smallest absolute Gasteiger partial charge is 0.255 e. The van der Waals surface area contributed by atoms with Crippen molar-refractivity contribution in [3.8, 4) is 0 Å². The molecule has 0 saturated heterocycles. The number of carbonyl (C=O) groups excluding carboxylic acids is 2. The Morgan fingerprint density at radius 2 is 1.04 bits per heavy atom. The van der Waals surface area contributed by atoms with Crippen molar-refractivity contribution in [1.29, 1.82) is 0 Å². The summed E-state index contributed by atoms with van der Waals surface area (Å²) in [7, 11) is 0. The van der Waals surface area contributed by atoms with E-state index in [9.17, 15) is 9.59 Å². The summed E-state index contributed by atoms with van der Waals surface area (Å²) in [5.41, 5.74) is 2.48. The lowest BCUT2D eigenvalue weighted by atomic mass is 10.1. The third kappa shape index (κ3) is 5.18. The van der Waals surface area contributed by atoms with E-state index in [1.54, 1.807) is 47.8 Å². The SMILES string of the molecule is CSc1cccc(NC(=O)c2ccc(C(=O)Nc3cccc(SC)c3)cc2)c1. The van der Waals surface area contributed by atoms with E-state index in [-0.39, 0.29) is 11.8 Å². The first-order chi connectivity index (χ1) is 13.6. The van der Waals surface area contributed by atoms with Gasteiger partial charge >= 0.3 is 0 Å². The molecule has 0 heterocycles. The molecule has 0 spiro atoms. The van der Waals surface area contributed by atoms with Crippen LogP contribution in [0, 0.1) is 0 Å². The van der Waals surface area contributed by atoms with E-state index < -0.39 is 0 Å². The van der Waals surface area contributed by atoms with Crippen LogP contribution >= 0.6 is 23.5 Å². The molecule has 0 unspecified atom stereocenters. The standard InChI is InChI=1S/C22H20N2O2S2/c1-27-19-7-3-5-17(13-19)23-21(25)15-9-11-16(12-10-15)22(26)24-18-6-4-8-20(14-18)28-2/h3-14H,1-2H3,(H,23,25)(H,24,26). The monoisotopic (exact) mass is 408 g/mol. The summed E-state index contributed by atoms with van der Waals surface area (Å²) in [6, 6.07) is 21.9. The number of benzene rings is 3. The molecule has 28 heavy (non-hydrogen) atoms. The van der Waals surface area contributed by atoms with Crippen molar-refractivity contribution in [1.82, 2.24) is 0 Å². The van der Waals surface area contributed by atoms with Gasteiger partial charge in [0.15, 0.2) is 0 Å². The lowest BCUT2D eigenvalue weighted by molar-refractivity contribution is 0.101. The van der Waals surface area contributed by atoms with Crippen LogP contribution in [-0.4, -0.2) is 24.3 Å². The number of hydrogen-bond acceptors (Lipinski definition) is 4. The van der Waals surface area contributed by atoms with Crippen LogP contribution < -0.4 is 10.6 Å². The molecule has 0 radical (unpaired) electrons. The summed E-state index contributed by atoms with van der Waals surface area (Å²) in [5.74, 6) is -0.421. The van der Waals surface area contributed by atoms with Gasteiger partial charge in [0.2, 0.25) is 0 Å². The number of hydrogen-bond donors (Lipinski definition) is 2. The van der Waals surface area contributed by atoms with Gasteiger partial charge in [-0.15, -0.1) is 23.5 Å². The van der Waals surface area contributed by atoms with Crippen molar-refractivity contribution >= 4 is 46.7 Å². The van der Waals surface area contributed by atoms with Gasteiger partial charge in [0.05, 0.1) is 0 Å². The van der Waals surface area contributed by atoms with E-state index >= 15 is 0 Å². The molecule has 0 aliphatic rings. The van der Waals surface area contributed by atoms with E-state index in [2.05, 4.69) is 10.6 Å². The topological polar surface area (TPSA) is 58.2 Å². The Bertz CT molecular complexity index is 907. The molecule has 2 N–H and O–H groups in total. The zero-order chi connectivity index (χ0) is 19.9. The first-order valence-electron chi connectivity index (χ1n) is 8.60. The zero-order valence-electron chi connectivity index (χ0n) is 15.6. The molecule has 3 aromatic carbocycles. The Labute approximate surface area is 173 Å². The maximum Gasteiger partial charge on any atom is 0.255 e. The molecule has 0 bridgehead atoms. The second-order valence-corrected chi connectivity index (χ2v) is 7.71. The number of carbonyl (C=O) groups is 2. The number of rotatable bonds is 6. The molecule has 2 amide bonds. The molecule has 4 nitrogen and oxygen atoms in total. The van der Waals surface area contributed by atoms with Crippen LogP contribution in [0.3, 0.4) is 0 Å². The van der Waals surface area contributed by atoms with Gasteiger partial charge in [-0.3, -0.25) is 9.59 Å². The summed E-state index contributed by atoms with van der Waals surface area (Å²) >= 11 is 3.23. The van der Waals surface area contributed by atoms with Crippen LogP contribution in [0.2, 0.25) is 0 Å². The van der Waals surface area contributed by atoms with E-state index in [0.29, 0.717) is 11.1 Å². The van der Waals surface area contributed by atoms with Gasteiger partial charge in [-0.05, 0) is 73.2 Å². The zero-order valence-corrected chi connectivity index (χ0v) is 17.2. The van der Waals surface area contributed by atoms with Crippen LogP contribution in [0.15, 0.2) is 82.6 Å². The quantitative estimate of drug-likeness (QED) is 0.519. The highest BCUT2D eigenvalue weighted by atomic mass is 32.2. The number of anilines is 2. The van der Waals surface area contributed by atoms with Crippen molar-refractivity contribution in [3.05, 3.63) is 83.9 Å². The van der Waals surface area contributed by atoms with Crippen molar-refractivity contribution in [3.63, 3.8) is 0 Å². The first kappa shape index (κ1) is 20.0. The van der Waals surface area contributed by atoms with Crippen LogP contribution in [0.1, 0.15) is 20.7 Å². The largest absolute Gasteiger partial charge is 0.322 e. The highest BCUT2D eigenvalue weighted by molar-refractivity contribution is 7.98.